The second kappa shape index (κ2) is 8.90. The largest absolute Gasteiger partial charge is 0.372 e. The van der Waals surface area contributed by atoms with Gasteiger partial charge in [-0.2, -0.15) is 0 Å². The van der Waals surface area contributed by atoms with E-state index in [4.69, 9.17) is 27.9 Å². The van der Waals surface area contributed by atoms with Gasteiger partial charge >= 0.3 is 0 Å². The Morgan fingerprint density at radius 2 is 1.75 bits per heavy atom. The highest BCUT2D eigenvalue weighted by atomic mass is 35.5. The standard InChI is InChI=1S/C20H21Cl2N3O3/c1-12-10-25(11-13(2)28-12)20(27)15-5-3-14(4-6-15)9-23-19(26)16-7-8-17(21)24-18(16)22/h3-8,12-13H,9-11H2,1-2H3,(H,23,26). The van der Waals surface area contributed by atoms with Crippen LogP contribution in [0.25, 0.3) is 0 Å². The first kappa shape index (κ1) is 20.6. The molecule has 2 aromatic rings. The lowest BCUT2D eigenvalue weighted by molar-refractivity contribution is -0.0586. The Kier molecular flexibility index (Phi) is 6.54. The molecule has 2 amide bonds. The molecule has 6 nitrogen and oxygen atoms in total. The first-order valence-electron chi connectivity index (χ1n) is 8.97. The van der Waals surface area contributed by atoms with Crippen molar-refractivity contribution in [1.29, 1.82) is 0 Å². The van der Waals surface area contributed by atoms with E-state index in [1.54, 1.807) is 12.1 Å². The lowest BCUT2D eigenvalue weighted by atomic mass is 10.1. The van der Waals surface area contributed by atoms with Crippen molar-refractivity contribution in [3.8, 4) is 0 Å². The topological polar surface area (TPSA) is 71.5 Å². The zero-order chi connectivity index (χ0) is 20.3. The van der Waals surface area contributed by atoms with Gasteiger partial charge in [-0.1, -0.05) is 35.3 Å². The van der Waals surface area contributed by atoms with Gasteiger partial charge in [0.25, 0.3) is 11.8 Å². The van der Waals surface area contributed by atoms with Crippen molar-refractivity contribution in [2.75, 3.05) is 13.1 Å². The van der Waals surface area contributed by atoms with Gasteiger partial charge in [0.2, 0.25) is 0 Å². The molecule has 1 N–H and O–H groups in total. The number of benzene rings is 1. The van der Waals surface area contributed by atoms with Gasteiger partial charge in [0.05, 0.1) is 17.8 Å². The SMILES string of the molecule is CC1CN(C(=O)c2ccc(CNC(=O)c3ccc(Cl)nc3Cl)cc2)CC(C)O1. The van der Waals surface area contributed by atoms with E-state index in [9.17, 15) is 9.59 Å². The quantitative estimate of drug-likeness (QED) is 0.765. The second-order valence-corrected chi connectivity index (χ2v) is 7.56. The Bertz CT molecular complexity index is 863. The van der Waals surface area contributed by atoms with E-state index in [-0.39, 0.29) is 39.9 Å². The van der Waals surface area contributed by atoms with Crippen molar-refractivity contribution in [2.24, 2.45) is 0 Å². The zero-order valence-corrected chi connectivity index (χ0v) is 17.1. The summed E-state index contributed by atoms with van der Waals surface area (Å²) in [6.07, 6.45) is 0.0488. The molecule has 28 heavy (non-hydrogen) atoms. The number of carbonyl (C=O) groups excluding carboxylic acids is 2. The number of nitrogens with one attached hydrogen (secondary N) is 1. The summed E-state index contributed by atoms with van der Waals surface area (Å²) in [6.45, 7) is 5.39. The summed E-state index contributed by atoms with van der Waals surface area (Å²) in [6, 6.07) is 10.2. The predicted molar refractivity (Wildman–Crippen MR) is 108 cm³/mol. The third kappa shape index (κ3) is 5.01. The molecule has 1 aromatic carbocycles. The molecule has 8 heteroatoms. The Labute approximate surface area is 173 Å². The van der Waals surface area contributed by atoms with Gasteiger partial charge in [-0.25, -0.2) is 4.98 Å². The molecule has 1 aliphatic rings. The van der Waals surface area contributed by atoms with E-state index in [1.165, 1.54) is 12.1 Å². The van der Waals surface area contributed by atoms with Gasteiger partial charge in [0.15, 0.2) is 0 Å². The van der Waals surface area contributed by atoms with E-state index < -0.39 is 0 Å². The van der Waals surface area contributed by atoms with Crippen LogP contribution >= 0.6 is 23.2 Å². The fourth-order valence-electron chi connectivity index (χ4n) is 3.15. The van der Waals surface area contributed by atoms with Crippen LogP contribution in [-0.4, -0.2) is 47.0 Å². The number of hydrogen-bond acceptors (Lipinski definition) is 4. The molecule has 148 valence electrons. The lowest BCUT2D eigenvalue weighted by Gasteiger charge is -2.35. The van der Waals surface area contributed by atoms with Gasteiger partial charge in [-0.05, 0) is 43.7 Å². The number of morpholine rings is 1. The van der Waals surface area contributed by atoms with E-state index >= 15 is 0 Å². The van der Waals surface area contributed by atoms with Crippen LogP contribution in [0, 0.1) is 0 Å². The minimum Gasteiger partial charge on any atom is -0.372 e. The highest BCUT2D eigenvalue weighted by Gasteiger charge is 2.26. The van der Waals surface area contributed by atoms with Gasteiger partial charge in [-0.15, -0.1) is 0 Å². The highest BCUT2D eigenvalue weighted by molar-refractivity contribution is 6.34. The normalized spacial score (nSPS) is 19.4. The molecular formula is C20H21Cl2N3O3. The summed E-state index contributed by atoms with van der Waals surface area (Å²) in [5.74, 6) is -0.359. The minimum atomic E-state index is -0.342. The van der Waals surface area contributed by atoms with Crippen LogP contribution in [-0.2, 0) is 11.3 Å². The molecule has 2 unspecified atom stereocenters. The average Bonchev–Trinajstić information content (AvgIpc) is 2.65. The molecule has 0 saturated carbocycles. The van der Waals surface area contributed by atoms with E-state index in [1.807, 2.05) is 30.9 Å². The first-order chi connectivity index (χ1) is 13.3. The molecule has 1 saturated heterocycles. The van der Waals surface area contributed by atoms with E-state index in [0.717, 1.165) is 5.56 Å². The summed E-state index contributed by atoms with van der Waals surface area (Å²) < 4.78 is 5.67. The predicted octanol–water partition coefficient (Wildman–Crippen LogP) is 3.57. The smallest absolute Gasteiger partial charge is 0.254 e. The van der Waals surface area contributed by atoms with Crippen LogP contribution in [0.4, 0.5) is 0 Å². The summed E-state index contributed by atoms with van der Waals surface area (Å²) in [4.78, 5) is 30.6. The Balaban J connectivity index is 1.60. The molecule has 0 spiro atoms. The number of aromatic nitrogens is 1. The Morgan fingerprint density at radius 3 is 2.36 bits per heavy atom. The first-order valence-corrected chi connectivity index (χ1v) is 9.73. The van der Waals surface area contributed by atoms with Crippen LogP contribution < -0.4 is 5.32 Å². The molecule has 0 bridgehead atoms. The Hall–Kier alpha value is -2.15. The van der Waals surface area contributed by atoms with Gasteiger partial charge in [-0.3, -0.25) is 9.59 Å². The molecular weight excluding hydrogens is 401 g/mol. The minimum absolute atomic E-state index is 0.0170. The second-order valence-electron chi connectivity index (χ2n) is 6.82. The van der Waals surface area contributed by atoms with Crippen molar-refractivity contribution in [1.82, 2.24) is 15.2 Å². The number of hydrogen-bond donors (Lipinski definition) is 1. The summed E-state index contributed by atoms with van der Waals surface area (Å²) in [5.41, 5.74) is 1.74. The van der Waals surface area contributed by atoms with E-state index in [2.05, 4.69) is 10.3 Å². The fourth-order valence-corrected chi connectivity index (χ4v) is 3.58. The van der Waals surface area contributed by atoms with Crippen molar-refractivity contribution in [3.05, 3.63) is 63.4 Å². The number of pyridine rings is 1. The van der Waals surface area contributed by atoms with Crippen molar-refractivity contribution < 1.29 is 14.3 Å². The van der Waals surface area contributed by atoms with Gasteiger partial charge in [0, 0.05) is 25.2 Å². The molecule has 1 aliphatic heterocycles. The molecule has 1 aromatic heterocycles. The van der Waals surface area contributed by atoms with E-state index in [0.29, 0.717) is 25.2 Å². The molecule has 0 aliphatic carbocycles. The highest BCUT2D eigenvalue weighted by Crippen LogP contribution is 2.17. The molecule has 2 atom stereocenters. The maximum atomic E-state index is 12.7. The number of carbonyl (C=O) groups is 2. The van der Waals surface area contributed by atoms with Crippen molar-refractivity contribution in [3.63, 3.8) is 0 Å². The fraction of sp³-hybridized carbons (Fsp3) is 0.350. The van der Waals surface area contributed by atoms with Crippen LogP contribution in [0.2, 0.25) is 10.3 Å². The van der Waals surface area contributed by atoms with Gasteiger partial charge < -0.3 is 15.0 Å². The third-order valence-electron chi connectivity index (χ3n) is 4.42. The molecule has 3 rings (SSSR count). The lowest BCUT2D eigenvalue weighted by Crippen LogP contribution is -2.48. The number of nitrogens with zero attached hydrogens (tertiary/aromatic N) is 2. The summed E-state index contributed by atoms with van der Waals surface area (Å²) in [5, 5.41) is 3.06. The van der Waals surface area contributed by atoms with Gasteiger partial charge in [0.1, 0.15) is 10.3 Å². The summed E-state index contributed by atoms with van der Waals surface area (Å²) in [7, 11) is 0. The number of amides is 2. The van der Waals surface area contributed by atoms with Crippen LogP contribution in [0.15, 0.2) is 36.4 Å². The summed E-state index contributed by atoms with van der Waals surface area (Å²) >= 11 is 11.7. The monoisotopic (exact) mass is 421 g/mol. The third-order valence-corrected chi connectivity index (χ3v) is 4.92. The van der Waals surface area contributed by atoms with Crippen LogP contribution in [0.1, 0.15) is 40.1 Å². The Morgan fingerprint density at radius 1 is 1.11 bits per heavy atom. The van der Waals surface area contributed by atoms with Crippen LogP contribution in [0.3, 0.4) is 0 Å². The number of rotatable bonds is 4. The zero-order valence-electron chi connectivity index (χ0n) is 15.6. The maximum Gasteiger partial charge on any atom is 0.254 e. The molecule has 2 heterocycles. The maximum absolute atomic E-state index is 12.7. The number of halogens is 2. The molecule has 1 fully saturated rings. The van der Waals surface area contributed by atoms with Crippen molar-refractivity contribution in [2.45, 2.75) is 32.6 Å². The van der Waals surface area contributed by atoms with Crippen molar-refractivity contribution >= 4 is 35.0 Å². The van der Waals surface area contributed by atoms with Crippen LogP contribution in [0.5, 0.6) is 0 Å². The number of ether oxygens (including phenoxy) is 1. The molecule has 0 radical (unpaired) electrons. The average molecular weight is 422 g/mol.